The molecular weight excluding hydrogens is 739 g/mol. The first-order valence-corrected chi connectivity index (χ1v) is 20.8. The van der Waals surface area contributed by atoms with E-state index < -0.39 is 0 Å². The lowest BCUT2D eigenvalue weighted by Gasteiger charge is -2.25. The Labute approximate surface area is 355 Å². The molecule has 0 atom stereocenters. The number of benzene rings is 11. The summed E-state index contributed by atoms with van der Waals surface area (Å²) in [6, 6.07) is 82.6. The van der Waals surface area contributed by atoms with Gasteiger partial charge in [-0.3, -0.25) is 0 Å². The van der Waals surface area contributed by atoms with Crippen LogP contribution in [0.15, 0.2) is 231 Å². The first kappa shape index (κ1) is 36.0. The van der Waals surface area contributed by atoms with Crippen LogP contribution in [0.5, 0.6) is 0 Å². The Balaban J connectivity index is 1.19. The highest BCUT2D eigenvalue weighted by Crippen LogP contribution is 2.50. The van der Waals surface area contributed by atoms with E-state index in [1.165, 1.54) is 43.4 Å². The van der Waals surface area contributed by atoms with Crippen molar-refractivity contribution in [2.24, 2.45) is 0 Å². The highest BCUT2D eigenvalue weighted by atomic mass is 14.9. The fourth-order valence-corrected chi connectivity index (χ4v) is 8.99. The van der Waals surface area contributed by atoms with Crippen molar-refractivity contribution in [2.45, 2.75) is 0 Å². The van der Waals surface area contributed by atoms with Gasteiger partial charge in [-0.05, 0) is 114 Å². The molecule has 0 aliphatic carbocycles. The van der Waals surface area contributed by atoms with Crippen molar-refractivity contribution in [3.63, 3.8) is 0 Å². The molecule has 11 aromatic carbocycles. The average molecular weight is 780 g/mol. The number of para-hydroxylation sites is 2. The Hall–Kier alpha value is -8.14. The maximum atomic E-state index is 4.10. The molecule has 3 N–H and O–H groups in total. The highest BCUT2D eigenvalue weighted by molar-refractivity contribution is 6.17. The van der Waals surface area contributed by atoms with E-state index in [9.17, 15) is 0 Å². The Morgan fingerprint density at radius 2 is 0.689 bits per heavy atom. The third kappa shape index (κ3) is 6.78. The van der Waals surface area contributed by atoms with Crippen LogP contribution in [-0.4, -0.2) is 0 Å². The van der Waals surface area contributed by atoms with Crippen molar-refractivity contribution in [1.82, 2.24) is 0 Å². The smallest absolute Gasteiger partial charge is 0.0477 e. The van der Waals surface area contributed by atoms with Gasteiger partial charge in [0, 0.05) is 50.8 Å². The van der Waals surface area contributed by atoms with Crippen LogP contribution in [-0.2, 0) is 0 Å². The van der Waals surface area contributed by atoms with Gasteiger partial charge >= 0.3 is 0 Å². The van der Waals surface area contributed by atoms with E-state index in [1.807, 2.05) is 6.07 Å². The molecule has 288 valence electrons. The van der Waals surface area contributed by atoms with Gasteiger partial charge in [0.25, 0.3) is 0 Å². The minimum Gasteiger partial charge on any atom is -0.356 e. The molecule has 0 saturated heterocycles. The van der Waals surface area contributed by atoms with E-state index in [1.54, 1.807) is 0 Å². The van der Waals surface area contributed by atoms with Crippen molar-refractivity contribution in [1.29, 1.82) is 0 Å². The molecular formula is C58H41N3. The SMILES string of the molecule is c1ccc(Nc2ccc(-c3c(-c4c(Nc5ccc6ccccc6c5-c5cccc6ccccc56)ccc5ccccc45)c(Nc4ccccc4)cc4ccccc34)cc2)cc1. The molecule has 0 bridgehead atoms. The predicted molar refractivity (Wildman–Crippen MR) is 262 cm³/mol. The first-order chi connectivity index (χ1) is 30.2. The second-order valence-electron chi connectivity index (χ2n) is 15.5. The van der Waals surface area contributed by atoms with Crippen molar-refractivity contribution >= 4 is 77.2 Å². The van der Waals surface area contributed by atoms with Gasteiger partial charge in [0.15, 0.2) is 0 Å². The molecule has 3 heteroatoms. The van der Waals surface area contributed by atoms with E-state index in [0.717, 1.165) is 67.2 Å². The van der Waals surface area contributed by atoms with E-state index >= 15 is 0 Å². The molecule has 0 fully saturated rings. The maximum Gasteiger partial charge on any atom is 0.0477 e. The van der Waals surface area contributed by atoms with Crippen LogP contribution in [0, 0.1) is 0 Å². The minimum atomic E-state index is 1.02. The molecule has 0 unspecified atom stereocenters. The fourth-order valence-electron chi connectivity index (χ4n) is 8.99. The molecule has 0 amide bonds. The highest BCUT2D eigenvalue weighted by Gasteiger charge is 2.23. The quantitative estimate of drug-likeness (QED) is 0.137. The monoisotopic (exact) mass is 779 g/mol. The van der Waals surface area contributed by atoms with Gasteiger partial charge < -0.3 is 16.0 Å². The van der Waals surface area contributed by atoms with Crippen molar-refractivity contribution in [2.75, 3.05) is 16.0 Å². The summed E-state index contributed by atoms with van der Waals surface area (Å²) >= 11 is 0. The molecule has 0 aromatic heterocycles. The second kappa shape index (κ2) is 15.6. The molecule has 0 saturated carbocycles. The molecule has 11 rings (SSSR count). The average Bonchev–Trinajstić information content (AvgIpc) is 3.32. The molecule has 0 aliphatic rings. The van der Waals surface area contributed by atoms with Gasteiger partial charge in [-0.15, -0.1) is 0 Å². The van der Waals surface area contributed by atoms with Crippen LogP contribution in [0.25, 0.3) is 76.5 Å². The Morgan fingerprint density at radius 1 is 0.230 bits per heavy atom. The van der Waals surface area contributed by atoms with E-state index in [4.69, 9.17) is 0 Å². The van der Waals surface area contributed by atoms with Crippen molar-refractivity contribution in [3.05, 3.63) is 231 Å². The van der Waals surface area contributed by atoms with Crippen molar-refractivity contribution in [3.8, 4) is 33.4 Å². The van der Waals surface area contributed by atoms with Crippen LogP contribution in [0.1, 0.15) is 0 Å². The summed E-state index contributed by atoms with van der Waals surface area (Å²) < 4.78 is 0. The lowest BCUT2D eigenvalue weighted by molar-refractivity contribution is 1.52. The normalized spacial score (nSPS) is 11.3. The predicted octanol–water partition coefficient (Wildman–Crippen LogP) is 16.5. The number of anilines is 6. The van der Waals surface area contributed by atoms with Crippen LogP contribution in [0.2, 0.25) is 0 Å². The van der Waals surface area contributed by atoms with Gasteiger partial charge in [-0.1, -0.05) is 176 Å². The zero-order valence-corrected chi connectivity index (χ0v) is 33.4. The molecule has 3 nitrogen and oxygen atoms in total. The summed E-state index contributed by atoms with van der Waals surface area (Å²) in [5.74, 6) is 0. The number of nitrogens with one attached hydrogen (secondary N) is 3. The lowest BCUT2D eigenvalue weighted by atomic mass is 9.85. The Bertz CT molecular complexity index is 3370. The van der Waals surface area contributed by atoms with Crippen LogP contribution in [0.4, 0.5) is 34.1 Å². The molecule has 0 radical (unpaired) electrons. The number of hydrogen-bond donors (Lipinski definition) is 3. The summed E-state index contributed by atoms with van der Waals surface area (Å²) in [7, 11) is 0. The summed E-state index contributed by atoms with van der Waals surface area (Å²) in [6.45, 7) is 0. The largest absolute Gasteiger partial charge is 0.356 e. The number of fused-ring (bicyclic) bond motifs is 4. The molecule has 0 spiro atoms. The fraction of sp³-hybridized carbons (Fsp3) is 0. The minimum absolute atomic E-state index is 1.02. The molecule has 0 heterocycles. The first-order valence-electron chi connectivity index (χ1n) is 20.8. The van der Waals surface area contributed by atoms with Crippen LogP contribution < -0.4 is 16.0 Å². The van der Waals surface area contributed by atoms with E-state index in [0.29, 0.717) is 0 Å². The molecule has 0 aliphatic heterocycles. The second-order valence-corrected chi connectivity index (χ2v) is 15.5. The zero-order chi connectivity index (χ0) is 40.5. The third-order valence-corrected chi connectivity index (χ3v) is 11.8. The van der Waals surface area contributed by atoms with E-state index in [-0.39, 0.29) is 0 Å². The summed E-state index contributed by atoms with van der Waals surface area (Å²) in [5.41, 5.74) is 13.1. The summed E-state index contributed by atoms with van der Waals surface area (Å²) in [4.78, 5) is 0. The topological polar surface area (TPSA) is 36.1 Å². The van der Waals surface area contributed by atoms with Gasteiger partial charge in [-0.25, -0.2) is 0 Å². The summed E-state index contributed by atoms with van der Waals surface area (Å²) in [5, 5.41) is 21.1. The Morgan fingerprint density at radius 3 is 1.33 bits per heavy atom. The van der Waals surface area contributed by atoms with Crippen LogP contribution >= 0.6 is 0 Å². The van der Waals surface area contributed by atoms with Crippen LogP contribution in [0.3, 0.4) is 0 Å². The molecule has 61 heavy (non-hydrogen) atoms. The van der Waals surface area contributed by atoms with Gasteiger partial charge in [0.2, 0.25) is 0 Å². The lowest BCUT2D eigenvalue weighted by Crippen LogP contribution is -2.02. The van der Waals surface area contributed by atoms with Gasteiger partial charge in [0.1, 0.15) is 0 Å². The third-order valence-electron chi connectivity index (χ3n) is 11.8. The molecule has 11 aromatic rings. The summed E-state index contributed by atoms with van der Waals surface area (Å²) in [6.07, 6.45) is 0. The Kier molecular flexibility index (Phi) is 9.18. The number of hydrogen-bond acceptors (Lipinski definition) is 3. The van der Waals surface area contributed by atoms with Gasteiger partial charge in [-0.2, -0.15) is 0 Å². The van der Waals surface area contributed by atoms with Crippen molar-refractivity contribution < 1.29 is 0 Å². The zero-order valence-electron chi connectivity index (χ0n) is 33.4. The maximum absolute atomic E-state index is 4.10. The van der Waals surface area contributed by atoms with Gasteiger partial charge in [0.05, 0.1) is 0 Å². The number of rotatable bonds is 9. The standard InChI is InChI=1S/C58H41N3/c1-3-21-44(22-4-1)59-46-34-30-42(31-35-46)55-50-28-14-10-19-43(50)38-54(60-45-23-5-2-6-24-45)58(55)57-49-27-13-9-18-41(49)33-37-53(57)61-52-36-32-40-17-8-12-26-48(40)56(52)51-29-15-20-39-16-7-11-25-47(39)51/h1-38,59-61H. The van der Waals surface area contributed by atoms with E-state index in [2.05, 4.69) is 240 Å².